The van der Waals surface area contributed by atoms with E-state index in [-0.39, 0.29) is 31.8 Å². The normalized spacial score (nSPS) is 30.6. The third-order valence-electron chi connectivity index (χ3n) is 7.77. The van der Waals surface area contributed by atoms with Crippen molar-refractivity contribution in [2.75, 3.05) is 0 Å². The van der Waals surface area contributed by atoms with E-state index in [2.05, 4.69) is 58.4 Å². The standard InChI is InChI=1S/C22H37BN4O4.C2H4.2H2/c1-7-15(26-19(28)14(25)11-24)20(29)27-18(8-12(2)3)23-30-17-10-13-9-16(21(13,4)5)22(17,6)31-23;1-2;;/h11-13,15-18,24-25H,7-10H2,1-6H3,(H,26,28)(H,27,29);1-2H2;2*1H/t13?,15-,16?,17+,18-,22-;;;/m0.../s1. The Labute approximate surface area is 201 Å². The topological polar surface area (TPSA) is 124 Å². The highest BCUT2D eigenvalue weighted by atomic mass is 16.7. The molecule has 4 N–H and O–H groups in total. The third-order valence-corrected chi connectivity index (χ3v) is 7.77. The smallest absolute Gasteiger partial charge is 0.404 e. The van der Waals surface area contributed by atoms with E-state index in [9.17, 15) is 9.59 Å². The van der Waals surface area contributed by atoms with Gasteiger partial charge in [0, 0.05) is 9.07 Å². The van der Waals surface area contributed by atoms with Crippen LogP contribution >= 0.6 is 0 Å². The van der Waals surface area contributed by atoms with E-state index in [0.29, 0.717) is 36.8 Å². The molecule has 33 heavy (non-hydrogen) atoms. The molecule has 2 unspecified atom stereocenters. The van der Waals surface area contributed by atoms with Crippen LogP contribution in [0.4, 0.5) is 0 Å². The van der Waals surface area contributed by atoms with Gasteiger partial charge in [0.1, 0.15) is 11.8 Å². The van der Waals surface area contributed by atoms with Gasteiger partial charge in [-0.3, -0.25) is 15.0 Å². The highest BCUT2D eigenvalue weighted by Crippen LogP contribution is 2.65. The Hall–Kier alpha value is -2.00. The van der Waals surface area contributed by atoms with Crippen LogP contribution in [0.5, 0.6) is 0 Å². The number of nitrogens with one attached hydrogen (secondary N) is 4. The second-order valence-electron chi connectivity index (χ2n) is 10.6. The van der Waals surface area contributed by atoms with Crippen molar-refractivity contribution in [3.63, 3.8) is 0 Å². The Morgan fingerprint density at radius 1 is 1.24 bits per heavy atom. The minimum absolute atomic E-state index is 0. The number of carbonyl (C=O) groups excluding carboxylic acids is 2. The van der Waals surface area contributed by atoms with Crippen molar-refractivity contribution in [2.45, 2.75) is 90.9 Å². The number of hydrogen-bond acceptors (Lipinski definition) is 6. The van der Waals surface area contributed by atoms with Gasteiger partial charge in [-0.1, -0.05) is 34.6 Å². The van der Waals surface area contributed by atoms with Crippen LogP contribution in [-0.2, 0) is 18.9 Å². The Morgan fingerprint density at radius 3 is 2.39 bits per heavy atom. The highest BCUT2D eigenvalue weighted by Gasteiger charge is 2.68. The Balaban J connectivity index is 0.00000282. The molecular weight excluding hydrogens is 419 g/mol. The summed E-state index contributed by atoms with van der Waals surface area (Å²) in [4.78, 5) is 24.9. The molecule has 8 nitrogen and oxygen atoms in total. The summed E-state index contributed by atoms with van der Waals surface area (Å²) in [6.45, 7) is 18.8. The van der Waals surface area contributed by atoms with Crippen LogP contribution < -0.4 is 10.6 Å². The van der Waals surface area contributed by atoms with E-state index in [1.54, 1.807) is 6.92 Å². The fourth-order valence-electron chi connectivity index (χ4n) is 5.75. The molecule has 4 rings (SSSR count). The lowest BCUT2D eigenvalue weighted by molar-refractivity contribution is -0.199. The zero-order chi connectivity index (χ0) is 25.1. The van der Waals surface area contributed by atoms with Crippen molar-refractivity contribution in [1.82, 2.24) is 10.6 Å². The fourth-order valence-corrected chi connectivity index (χ4v) is 5.75. The predicted molar refractivity (Wildman–Crippen MR) is 136 cm³/mol. The van der Waals surface area contributed by atoms with Crippen molar-refractivity contribution in [2.24, 2.45) is 23.2 Å². The van der Waals surface area contributed by atoms with E-state index in [1.165, 1.54) is 6.42 Å². The molecule has 2 bridgehead atoms. The first-order valence-corrected chi connectivity index (χ1v) is 12.0. The van der Waals surface area contributed by atoms with Gasteiger partial charge in [0.25, 0.3) is 5.91 Å². The summed E-state index contributed by atoms with van der Waals surface area (Å²) in [5.74, 6) is 0.0310. The zero-order valence-corrected chi connectivity index (χ0v) is 21.0. The molecule has 0 radical (unpaired) electrons. The molecule has 0 aromatic rings. The SMILES string of the molecule is C=C.CC[C@H](NC(=O)C(=N)C=N)C(=O)N[C@@H](CC(C)C)B1O[C@@H]2CC3CC(C3(C)C)[C@]2(C)O1.[HH].[HH]. The van der Waals surface area contributed by atoms with Crippen LogP contribution in [0.15, 0.2) is 13.2 Å². The Morgan fingerprint density at radius 2 is 1.88 bits per heavy atom. The number of carbonyl (C=O) groups is 2. The molecule has 4 fully saturated rings. The summed E-state index contributed by atoms with van der Waals surface area (Å²) in [5.41, 5.74) is -0.580. The summed E-state index contributed by atoms with van der Waals surface area (Å²) in [7, 11) is -0.524. The van der Waals surface area contributed by atoms with Gasteiger partial charge in [-0.25, -0.2) is 0 Å². The fraction of sp³-hybridized carbons (Fsp3) is 0.750. The van der Waals surface area contributed by atoms with Gasteiger partial charge in [-0.15, -0.1) is 13.2 Å². The Bertz CT molecular complexity index is 785. The van der Waals surface area contributed by atoms with Gasteiger partial charge < -0.3 is 25.4 Å². The van der Waals surface area contributed by atoms with E-state index < -0.39 is 24.8 Å². The largest absolute Gasteiger partial charge is 0.481 e. The number of hydrogen-bond donors (Lipinski definition) is 4. The maximum atomic E-state index is 13.0. The molecule has 2 amide bonds. The molecule has 1 aliphatic heterocycles. The molecular formula is C24H45BN4O4. The molecule has 0 aromatic carbocycles. The first kappa shape index (κ1) is 27.3. The van der Waals surface area contributed by atoms with Crippen molar-refractivity contribution >= 4 is 30.9 Å². The average molecular weight is 464 g/mol. The highest BCUT2D eigenvalue weighted by molar-refractivity contribution is 6.59. The number of rotatable bonds is 9. The summed E-state index contributed by atoms with van der Waals surface area (Å²) >= 11 is 0. The van der Waals surface area contributed by atoms with Gasteiger partial charge in [-0.05, 0) is 55.8 Å². The summed E-state index contributed by atoms with van der Waals surface area (Å²) < 4.78 is 13.0. The molecule has 0 aromatic heterocycles. The average Bonchev–Trinajstić information content (AvgIpc) is 3.14. The molecule has 3 saturated carbocycles. The van der Waals surface area contributed by atoms with Crippen LogP contribution in [0.1, 0.15) is 70.1 Å². The predicted octanol–water partition coefficient (Wildman–Crippen LogP) is 3.64. The summed E-state index contributed by atoms with van der Waals surface area (Å²) in [6.07, 6.45) is 3.92. The van der Waals surface area contributed by atoms with Crippen molar-refractivity contribution in [3.8, 4) is 0 Å². The second kappa shape index (κ2) is 10.5. The molecule has 1 saturated heterocycles. The van der Waals surface area contributed by atoms with Crippen molar-refractivity contribution in [3.05, 3.63) is 13.2 Å². The second-order valence-corrected chi connectivity index (χ2v) is 10.6. The van der Waals surface area contributed by atoms with Crippen LogP contribution in [-0.4, -0.2) is 54.5 Å². The lowest BCUT2D eigenvalue weighted by Crippen LogP contribution is -2.65. The maximum absolute atomic E-state index is 13.0. The van der Waals surface area contributed by atoms with Crippen LogP contribution in [0.2, 0.25) is 0 Å². The van der Waals surface area contributed by atoms with Crippen LogP contribution in [0.3, 0.4) is 0 Å². The Kier molecular flexibility index (Phi) is 8.68. The first-order chi connectivity index (χ1) is 15.4. The van der Waals surface area contributed by atoms with E-state index in [1.807, 2.05) is 0 Å². The van der Waals surface area contributed by atoms with Gasteiger partial charge >= 0.3 is 7.12 Å². The summed E-state index contributed by atoms with van der Waals surface area (Å²) in [6, 6.07) is -0.784. The van der Waals surface area contributed by atoms with Crippen LogP contribution in [0, 0.1) is 34.0 Å². The number of amides is 2. The quantitative estimate of drug-likeness (QED) is 0.236. The molecule has 4 aliphatic rings. The molecule has 188 valence electrons. The third kappa shape index (κ3) is 5.24. The van der Waals surface area contributed by atoms with E-state index in [0.717, 1.165) is 6.42 Å². The van der Waals surface area contributed by atoms with E-state index in [4.69, 9.17) is 20.1 Å². The van der Waals surface area contributed by atoms with Crippen molar-refractivity contribution in [1.29, 1.82) is 10.8 Å². The monoisotopic (exact) mass is 464 g/mol. The molecule has 6 atom stereocenters. The van der Waals surface area contributed by atoms with Crippen molar-refractivity contribution < 1.29 is 21.8 Å². The summed E-state index contributed by atoms with van der Waals surface area (Å²) in [5, 5.41) is 20.1. The van der Waals surface area contributed by atoms with E-state index >= 15 is 0 Å². The molecule has 1 heterocycles. The molecule has 9 heteroatoms. The minimum atomic E-state index is -0.784. The van der Waals surface area contributed by atoms with Gasteiger partial charge in [-0.2, -0.15) is 0 Å². The van der Waals surface area contributed by atoms with Crippen LogP contribution in [0.25, 0.3) is 0 Å². The lowest BCUT2D eigenvalue weighted by atomic mass is 9.43. The first-order valence-electron chi connectivity index (χ1n) is 12.0. The molecule has 0 spiro atoms. The van der Waals surface area contributed by atoms with Gasteiger partial charge in [0.2, 0.25) is 5.91 Å². The van der Waals surface area contributed by atoms with Gasteiger partial charge in [0.05, 0.1) is 17.6 Å². The maximum Gasteiger partial charge on any atom is 0.481 e. The lowest BCUT2D eigenvalue weighted by Gasteiger charge is -2.64. The minimum Gasteiger partial charge on any atom is -0.404 e. The molecule has 3 aliphatic carbocycles. The zero-order valence-electron chi connectivity index (χ0n) is 21.0. The van der Waals surface area contributed by atoms with Gasteiger partial charge in [0.15, 0.2) is 0 Å².